The second-order valence-corrected chi connectivity index (χ2v) is 11.1. The van der Waals surface area contributed by atoms with Crippen LogP contribution in [0.25, 0.3) is 0 Å². The zero-order valence-electron chi connectivity index (χ0n) is 20.8. The van der Waals surface area contributed by atoms with Crippen molar-refractivity contribution in [3.8, 4) is 6.07 Å². The standard InChI is InChI=1S/C22H39BN2O6/c1-18(2,3)28-16(26)22(15-24,25-17(27)29-19(4,5)6)13-11-12-14-23-30-20(7,8)21(9,10)31-23/h11-14H2,1-10H3,(H,25,27). The molecule has 1 heterocycles. The van der Waals surface area contributed by atoms with Gasteiger partial charge in [-0.05, 0) is 88.4 Å². The van der Waals surface area contributed by atoms with Gasteiger partial charge >= 0.3 is 19.2 Å². The predicted octanol–water partition coefficient (Wildman–Crippen LogP) is 4.38. The highest BCUT2D eigenvalue weighted by Crippen LogP contribution is 2.38. The maximum absolute atomic E-state index is 12.9. The fourth-order valence-corrected chi connectivity index (χ4v) is 2.97. The van der Waals surface area contributed by atoms with E-state index in [0.29, 0.717) is 19.2 Å². The summed E-state index contributed by atoms with van der Waals surface area (Å²) in [4.78, 5) is 25.2. The van der Waals surface area contributed by atoms with Crippen molar-refractivity contribution in [2.75, 3.05) is 0 Å². The number of amides is 1. The molecule has 1 N–H and O–H groups in total. The molecule has 0 aliphatic carbocycles. The van der Waals surface area contributed by atoms with E-state index in [2.05, 4.69) is 5.32 Å². The molecule has 31 heavy (non-hydrogen) atoms. The minimum absolute atomic E-state index is 0.0805. The molecule has 0 aromatic heterocycles. The molecule has 1 atom stereocenters. The largest absolute Gasteiger partial charge is 0.457 e. The minimum Gasteiger partial charge on any atom is -0.457 e. The molecule has 1 saturated heterocycles. The van der Waals surface area contributed by atoms with Crippen molar-refractivity contribution in [1.82, 2.24) is 5.32 Å². The lowest BCUT2D eigenvalue weighted by Gasteiger charge is -2.32. The third-order valence-electron chi connectivity index (χ3n) is 5.20. The van der Waals surface area contributed by atoms with Gasteiger partial charge in [0.1, 0.15) is 17.3 Å². The third-order valence-corrected chi connectivity index (χ3v) is 5.20. The number of nitrogens with one attached hydrogen (secondary N) is 1. The quantitative estimate of drug-likeness (QED) is 0.357. The second kappa shape index (κ2) is 9.37. The lowest BCUT2D eigenvalue weighted by molar-refractivity contribution is -0.161. The first kappa shape index (κ1) is 27.2. The zero-order chi connectivity index (χ0) is 24.3. The topological polar surface area (TPSA) is 107 Å². The summed E-state index contributed by atoms with van der Waals surface area (Å²) >= 11 is 0. The molecular weight excluding hydrogens is 399 g/mol. The maximum Gasteiger partial charge on any atom is 0.457 e. The van der Waals surface area contributed by atoms with E-state index in [-0.39, 0.29) is 13.5 Å². The molecule has 0 saturated carbocycles. The monoisotopic (exact) mass is 438 g/mol. The molecule has 0 radical (unpaired) electrons. The Kier molecular flexibility index (Phi) is 8.24. The maximum atomic E-state index is 12.9. The van der Waals surface area contributed by atoms with E-state index in [1.807, 2.05) is 33.8 Å². The van der Waals surface area contributed by atoms with Crippen LogP contribution in [0.2, 0.25) is 6.32 Å². The molecule has 0 bridgehead atoms. The molecule has 8 nitrogen and oxygen atoms in total. The number of alkyl carbamates (subject to hydrolysis) is 1. The van der Waals surface area contributed by atoms with Gasteiger partial charge in [-0.2, -0.15) is 5.26 Å². The van der Waals surface area contributed by atoms with E-state index < -0.39 is 40.0 Å². The summed E-state index contributed by atoms with van der Waals surface area (Å²) in [7, 11) is -0.359. The number of esters is 1. The Morgan fingerprint density at radius 3 is 1.84 bits per heavy atom. The molecule has 1 unspecified atom stereocenters. The average molecular weight is 438 g/mol. The Balaban J connectivity index is 2.83. The van der Waals surface area contributed by atoms with Crippen molar-refractivity contribution in [3.63, 3.8) is 0 Å². The minimum atomic E-state index is -1.84. The van der Waals surface area contributed by atoms with Crippen molar-refractivity contribution in [2.45, 2.75) is 123 Å². The van der Waals surface area contributed by atoms with Gasteiger partial charge in [-0.15, -0.1) is 0 Å². The first-order valence-corrected chi connectivity index (χ1v) is 10.8. The van der Waals surface area contributed by atoms with Crippen LogP contribution in [0.4, 0.5) is 4.79 Å². The highest BCUT2D eigenvalue weighted by atomic mass is 16.7. The second-order valence-electron chi connectivity index (χ2n) is 11.1. The third kappa shape index (κ3) is 8.01. The molecule has 1 rings (SSSR count). The number of hydrogen-bond donors (Lipinski definition) is 1. The molecule has 9 heteroatoms. The lowest BCUT2D eigenvalue weighted by Crippen LogP contribution is -2.56. The first-order valence-electron chi connectivity index (χ1n) is 10.8. The van der Waals surface area contributed by atoms with Crippen molar-refractivity contribution in [2.24, 2.45) is 0 Å². The van der Waals surface area contributed by atoms with Crippen LogP contribution < -0.4 is 5.32 Å². The molecule has 0 aromatic rings. The smallest absolute Gasteiger partial charge is 0.457 e. The number of nitriles is 1. The molecule has 1 aliphatic rings. The van der Waals surface area contributed by atoms with Crippen LogP contribution in [0, 0.1) is 11.3 Å². The van der Waals surface area contributed by atoms with Crippen molar-refractivity contribution in [3.05, 3.63) is 0 Å². The summed E-state index contributed by atoms with van der Waals surface area (Å²) in [5.41, 5.74) is -4.25. The van der Waals surface area contributed by atoms with Crippen LogP contribution in [0.1, 0.15) is 88.5 Å². The summed E-state index contributed by atoms with van der Waals surface area (Å²) in [6.45, 7) is 18.2. The van der Waals surface area contributed by atoms with Gasteiger partial charge in [0.2, 0.25) is 5.54 Å². The molecule has 1 fully saturated rings. The van der Waals surface area contributed by atoms with Gasteiger partial charge in [-0.25, -0.2) is 9.59 Å². The number of carbonyl (C=O) groups excluding carboxylic acids is 2. The van der Waals surface area contributed by atoms with Crippen molar-refractivity contribution >= 4 is 19.2 Å². The van der Waals surface area contributed by atoms with Gasteiger partial charge in [0.25, 0.3) is 0 Å². The van der Waals surface area contributed by atoms with Crippen molar-refractivity contribution < 1.29 is 28.4 Å². The number of rotatable bonds is 7. The fraction of sp³-hybridized carbons (Fsp3) is 0.864. The number of hydrogen-bond acceptors (Lipinski definition) is 7. The van der Waals surface area contributed by atoms with Gasteiger partial charge < -0.3 is 18.8 Å². The van der Waals surface area contributed by atoms with E-state index in [1.54, 1.807) is 41.5 Å². The van der Waals surface area contributed by atoms with Gasteiger partial charge in [0.15, 0.2) is 0 Å². The highest BCUT2D eigenvalue weighted by molar-refractivity contribution is 6.45. The number of carbonyl (C=O) groups is 2. The summed E-state index contributed by atoms with van der Waals surface area (Å²) in [6, 6.07) is 1.96. The van der Waals surface area contributed by atoms with Gasteiger partial charge in [-0.3, -0.25) is 5.32 Å². The zero-order valence-corrected chi connectivity index (χ0v) is 20.8. The Bertz CT molecular complexity index is 686. The predicted molar refractivity (Wildman–Crippen MR) is 118 cm³/mol. The fourth-order valence-electron chi connectivity index (χ4n) is 2.97. The molecule has 0 aromatic carbocycles. The molecule has 0 spiro atoms. The molecular formula is C22H39BN2O6. The Morgan fingerprint density at radius 2 is 1.42 bits per heavy atom. The van der Waals surface area contributed by atoms with E-state index in [0.717, 1.165) is 0 Å². The van der Waals surface area contributed by atoms with Crippen LogP contribution in [0.3, 0.4) is 0 Å². The Hall–Kier alpha value is -1.79. The highest BCUT2D eigenvalue weighted by Gasteiger charge is 2.50. The van der Waals surface area contributed by atoms with Crippen LogP contribution >= 0.6 is 0 Å². The molecule has 1 aliphatic heterocycles. The van der Waals surface area contributed by atoms with E-state index in [4.69, 9.17) is 18.8 Å². The Morgan fingerprint density at radius 1 is 0.935 bits per heavy atom. The van der Waals surface area contributed by atoms with Crippen LogP contribution in [-0.2, 0) is 23.6 Å². The van der Waals surface area contributed by atoms with Gasteiger partial charge in [-0.1, -0.05) is 6.42 Å². The number of unbranched alkanes of at least 4 members (excludes halogenated alkanes) is 1. The van der Waals surface area contributed by atoms with Gasteiger partial charge in [0.05, 0.1) is 11.2 Å². The lowest BCUT2D eigenvalue weighted by atomic mass is 9.81. The van der Waals surface area contributed by atoms with Crippen molar-refractivity contribution in [1.29, 1.82) is 5.26 Å². The van der Waals surface area contributed by atoms with E-state index >= 15 is 0 Å². The van der Waals surface area contributed by atoms with E-state index in [9.17, 15) is 14.9 Å². The number of nitrogens with zero attached hydrogens (tertiary/aromatic N) is 1. The average Bonchev–Trinajstić information content (AvgIpc) is 2.74. The summed E-state index contributed by atoms with van der Waals surface area (Å²) in [5, 5.41) is 12.3. The summed E-state index contributed by atoms with van der Waals surface area (Å²) < 4.78 is 22.7. The SMILES string of the molecule is CC(C)(C)OC(=O)NC(C#N)(CCCCB1OC(C)(C)C(C)(C)O1)C(=O)OC(C)(C)C. The molecule has 176 valence electrons. The van der Waals surface area contributed by atoms with Crippen LogP contribution in [-0.4, -0.2) is 47.1 Å². The molecule has 1 amide bonds. The normalized spacial score (nSPS) is 19.8. The summed E-state index contributed by atoms with van der Waals surface area (Å²) in [6.07, 6.45) is 0.962. The van der Waals surface area contributed by atoms with Gasteiger partial charge in [0, 0.05) is 0 Å². The van der Waals surface area contributed by atoms with Crippen LogP contribution in [0.15, 0.2) is 0 Å². The summed E-state index contributed by atoms with van der Waals surface area (Å²) in [5.74, 6) is -0.802. The number of ether oxygens (including phenoxy) is 2. The Labute approximate surface area is 187 Å². The van der Waals surface area contributed by atoms with E-state index in [1.165, 1.54) is 0 Å². The first-order chi connectivity index (χ1) is 13.8. The van der Waals surface area contributed by atoms with Crippen LogP contribution in [0.5, 0.6) is 0 Å².